The fourth-order valence-electron chi connectivity index (χ4n) is 3.34. The monoisotopic (exact) mass is 325 g/mol. The van der Waals surface area contributed by atoms with Crippen LogP contribution in [0.2, 0.25) is 5.02 Å². The minimum atomic E-state index is 0.446. The largest absolute Gasteiger partial charge is 0.322 e. The number of imidazole rings is 1. The lowest BCUT2D eigenvalue weighted by molar-refractivity contribution is 0.186. The summed E-state index contributed by atoms with van der Waals surface area (Å²) in [6.45, 7) is 5.59. The highest BCUT2D eigenvalue weighted by atomic mass is 35.5. The van der Waals surface area contributed by atoms with Crippen LogP contribution in [0, 0.1) is 0 Å². The van der Waals surface area contributed by atoms with Crippen molar-refractivity contribution >= 4 is 34.2 Å². The minimum Gasteiger partial charge on any atom is -0.322 e. The highest BCUT2D eigenvalue weighted by molar-refractivity contribution is 6.35. The Morgan fingerprint density at radius 1 is 1.38 bits per heavy atom. The van der Waals surface area contributed by atoms with E-state index in [0.29, 0.717) is 11.9 Å². The number of likely N-dealkylation sites (tertiary alicyclic amines) is 1. The van der Waals surface area contributed by atoms with Crippen LogP contribution in [0.25, 0.3) is 11.0 Å². The molecule has 5 heteroatoms. The highest BCUT2D eigenvalue weighted by Crippen LogP contribution is 2.32. The summed E-state index contributed by atoms with van der Waals surface area (Å²) in [6.07, 6.45) is 3.20. The van der Waals surface area contributed by atoms with Gasteiger partial charge in [0, 0.05) is 24.9 Å². The average Bonchev–Trinajstić information content (AvgIpc) is 2.87. The molecule has 0 aliphatic carbocycles. The van der Waals surface area contributed by atoms with E-state index >= 15 is 0 Å². The van der Waals surface area contributed by atoms with E-state index < -0.39 is 0 Å². The van der Waals surface area contributed by atoms with Crippen molar-refractivity contribution < 1.29 is 0 Å². The zero-order chi connectivity index (χ0) is 14.8. The molecule has 0 spiro atoms. The predicted octanol–water partition coefficient (Wildman–Crippen LogP) is 4.13. The van der Waals surface area contributed by atoms with Gasteiger partial charge in [-0.2, -0.15) is 0 Å². The predicted molar refractivity (Wildman–Crippen MR) is 89.6 cm³/mol. The van der Waals surface area contributed by atoms with Gasteiger partial charge in [0.25, 0.3) is 0 Å². The zero-order valence-electron chi connectivity index (χ0n) is 12.4. The maximum atomic E-state index is 6.46. The summed E-state index contributed by atoms with van der Waals surface area (Å²) in [6, 6.07) is 6.40. The van der Waals surface area contributed by atoms with Crippen LogP contribution in [0.15, 0.2) is 18.2 Å². The van der Waals surface area contributed by atoms with Gasteiger partial charge < -0.3 is 9.47 Å². The van der Waals surface area contributed by atoms with E-state index in [4.69, 9.17) is 28.2 Å². The maximum Gasteiger partial charge on any atom is 0.111 e. The van der Waals surface area contributed by atoms with Crippen LogP contribution >= 0.6 is 23.2 Å². The van der Waals surface area contributed by atoms with Crippen LogP contribution in [0.1, 0.15) is 31.6 Å². The second-order valence-electron chi connectivity index (χ2n) is 5.63. The fourth-order valence-corrected chi connectivity index (χ4v) is 3.77. The number of halogens is 2. The number of piperidine rings is 1. The van der Waals surface area contributed by atoms with Crippen LogP contribution in [0.3, 0.4) is 0 Å². The Kier molecular flexibility index (Phi) is 4.72. The fraction of sp³-hybridized carbons (Fsp3) is 0.562. The van der Waals surface area contributed by atoms with Gasteiger partial charge in [-0.15, -0.1) is 11.6 Å². The second-order valence-corrected chi connectivity index (χ2v) is 6.42. The van der Waals surface area contributed by atoms with E-state index in [2.05, 4.69) is 16.4 Å². The number of benzene rings is 1. The number of alkyl halides is 1. The molecule has 0 bridgehead atoms. The number of likely N-dealkylation sites (N-methyl/N-ethyl adjacent to an activating group) is 1. The number of para-hydroxylation sites is 1. The maximum absolute atomic E-state index is 6.46. The Hall–Kier alpha value is -0.770. The van der Waals surface area contributed by atoms with Crippen molar-refractivity contribution in [3.63, 3.8) is 0 Å². The van der Waals surface area contributed by atoms with E-state index in [1.165, 1.54) is 19.4 Å². The normalized spacial score (nSPS) is 20.2. The van der Waals surface area contributed by atoms with Gasteiger partial charge in [-0.3, -0.25) is 0 Å². The van der Waals surface area contributed by atoms with E-state index in [1.54, 1.807) is 0 Å². The molecule has 1 saturated heterocycles. The summed E-state index contributed by atoms with van der Waals surface area (Å²) in [7, 11) is 0. The lowest BCUT2D eigenvalue weighted by atomic mass is 10.0. The standard InChI is InChI=1S/C16H21Cl2N3/c1-2-20-10-4-5-12(11-20)21-15(8-9-17)19-14-7-3-6-13(18)16(14)21/h3,6-7,12H,2,4-5,8-11H2,1H3. The van der Waals surface area contributed by atoms with Gasteiger partial charge in [0.05, 0.1) is 16.1 Å². The quantitative estimate of drug-likeness (QED) is 0.788. The number of rotatable bonds is 4. The molecule has 3 nitrogen and oxygen atoms in total. The molecule has 1 atom stereocenters. The molecule has 1 aliphatic heterocycles. The molecule has 3 rings (SSSR count). The third kappa shape index (κ3) is 2.92. The molecule has 0 saturated carbocycles. The molecule has 2 aromatic rings. The van der Waals surface area contributed by atoms with Crippen molar-refractivity contribution in [2.45, 2.75) is 32.2 Å². The van der Waals surface area contributed by atoms with Gasteiger partial charge in [0.2, 0.25) is 0 Å². The van der Waals surface area contributed by atoms with Crippen molar-refractivity contribution in [1.29, 1.82) is 0 Å². The number of hydrogen-bond donors (Lipinski definition) is 0. The molecule has 0 amide bonds. The topological polar surface area (TPSA) is 21.1 Å². The molecule has 0 radical (unpaired) electrons. The second kappa shape index (κ2) is 6.55. The van der Waals surface area contributed by atoms with Gasteiger partial charge in [-0.05, 0) is 38.1 Å². The Morgan fingerprint density at radius 3 is 3.00 bits per heavy atom. The van der Waals surface area contributed by atoms with E-state index in [-0.39, 0.29) is 0 Å². The number of aromatic nitrogens is 2. The van der Waals surface area contributed by atoms with Crippen LogP contribution < -0.4 is 0 Å². The summed E-state index contributed by atoms with van der Waals surface area (Å²) in [5, 5.41) is 0.787. The first-order valence-electron chi connectivity index (χ1n) is 7.68. The molecule has 21 heavy (non-hydrogen) atoms. The molecule has 114 valence electrons. The molecule has 2 heterocycles. The molecular weight excluding hydrogens is 305 g/mol. The minimum absolute atomic E-state index is 0.446. The van der Waals surface area contributed by atoms with Crippen LogP contribution in [0.5, 0.6) is 0 Å². The van der Waals surface area contributed by atoms with Gasteiger partial charge in [-0.1, -0.05) is 24.6 Å². The SMILES string of the molecule is CCN1CCCC(n2c(CCCl)nc3cccc(Cl)c32)C1. The number of nitrogens with zero attached hydrogens (tertiary/aromatic N) is 3. The van der Waals surface area contributed by atoms with E-state index in [1.807, 2.05) is 18.2 Å². The Morgan fingerprint density at radius 2 is 2.24 bits per heavy atom. The smallest absolute Gasteiger partial charge is 0.111 e. The number of hydrogen-bond acceptors (Lipinski definition) is 2. The number of fused-ring (bicyclic) bond motifs is 1. The first-order valence-corrected chi connectivity index (χ1v) is 8.59. The molecule has 1 fully saturated rings. The lowest BCUT2D eigenvalue weighted by Gasteiger charge is -2.33. The first-order chi connectivity index (χ1) is 10.2. The summed E-state index contributed by atoms with van der Waals surface area (Å²) in [5.41, 5.74) is 2.05. The third-order valence-electron chi connectivity index (χ3n) is 4.35. The first kappa shape index (κ1) is 15.1. The van der Waals surface area contributed by atoms with Gasteiger partial charge in [0.1, 0.15) is 5.82 Å². The van der Waals surface area contributed by atoms with E-state index in [0.717, 1.165) is 41.4 Å². The molecule has 1 unspecified atom stereocenters. The Bertz CT molecular complexity index is 623. The number of aryl methyl sites for hydroxylation is 1. The van der Waals surface area contributed by atoms with Gasteiger partial charge >= 0.3 is 0 Å². The van der Waals surface area contributed by atoms with Crippen molar-refractivity contribution in [3.05, 3.63) is 29.0 Å². The summed E-state index contributed by atoms with van der Waals surface area (Å²) in [4.78, 5) is 7.27. The summed E-state index contributed by atoms with van der Waals surface area (Å²) in [5.74, 6) is 1.65. The summed E-state index contributed by atoms with van der Waals surface area (Å²) >= 11 is 12.4. The van der Waals surface area contributed by atoms with Crippen LogP contribution in [-0.2, 0) is 6.42 Å². The Balaban J connectivity index is 2.08. The molecular formula is C16H21Cl2N3. The third-order valence-corrected chi connectivity index (χ3v) is 4.84. The molecule has 0 N–H and O–H groups in total. The highest BCUT2D eigenvalue weighted by Gasteiger charge is 2.25. The average molecular weight is 326 g/mol. The van der Waals surface area contributed by atoms with Crippen molar-refractivity contribution in [3.8, 4) is 0 Å². The molecule has 1 aromatic heterocycles. The Labute approximate surface area is 135 Å². The zero-order valence-corrected chi connectivity index (χ0v) is 13.9. The summed E-state index contributed by atoms with van der Waals surface area (Å²) < 4.78 is 2.35. The van der Waals surface area contributed by atoms with Crippen molar-refractivity contribution in [2.24, 2.45) is 0 Å². The lowest BCUT2D eigenvalue weighted by Crippen LogP contribution is -2.36. The van der Waals surface area contributed by atoms with Crippen molar-refractivity contribution in [2.75, 3.05) is 25.5 Å². The molecule has 1 aromatic carbocycles. The molecule has 1 aliphatic rings. The van der Waals surface area contributed by atoms with Crippen LogP contribution in [-0.4, -0.2) is 40.0 Å². The van der Waals surface area contributed by atoms with Gasteiger partial charge in [-0.25, -0.2) is 4.98 Å². The van der Waals surface area contributed by atoms with Gasteiger partial charge in [0.15, 0.2) is 0 Å². The van der Waals surface area contributed by atoms with Crippen LogP contribution in [0.4, 0.5) is 0 Å². The van der Waals surface area contributed by atoms with Crippen molar-refractivity contribution in [1.82, 2.24) is 14.5 Å². The van der Waals surface area contributed by atoms with E-state index in [9.17, 15) is 0 Å².